The van der Waals surface area contributed by atoms with Crippen LogP contribution in [0.1, 0.15) is 29.5 Å². The van der Waals surface area contributed by atoms with E-state index in [1.807, 2.05) is 31.2 Å². The van der Waals surface area contributed by atoms with Crippen LogP contribution in [-0.4, -0.2) is 17.0 Å². The number of rotatable bonds is 5. The average molecular weight is 280 g/mol. The maximum absolute atomic E-state index is 11.4. The molecular weight excluding hydrogens is 266 g/mol. The highest BCUT2D eigenvalue weighted by Crippen LogP contribution is 2.28. The predicted octanol–water partition coefficient (Wildman–Crippen LogP) is 3.82. The largest absolute Gasteiger partial charge is 0.494 e. The zero-order valence-electron chi connectivity index (χ0n) is 10.8. The minimum atomic E-state index is -0.569. The lowest BCUT2D eigenvalue weighted by Gasteiger charge is -2.05. The van der Waals surface area contributed by atoms with Crippen molar-refractivity contribution in [2.45, 2.75) is 20.3 Å². The Hall–Kier alpha value is -1.81. The maximum Gasteiger partial charge on any atom is 0.258 e. The van der Waals surface area contributed by atoms with Gasteiger partial charge in [0.1, 0.15) is 22.8 Å². The van der Waals surface area contributed by atoms with Gasteiger partial charge in [0.15, 0.2) is 0 Å². The summed E-state index contributed by atoms with van der Waals surface area (Å²) in [5.74, 6) is 1.20. The summed E-state index contributed by atoms with van der Waals surface area (Å²) in [4.78, 5) is 11.4. The molecule has 1 aromatic heterocycles. The lowest BCUT2D eigenvalue weighted by atomic mass is 10.1. The first-order chi connectivity index (χ1) is 9.13. The Bertz CT molecular complexity index is 575. The summed E-state index contributed by atoms with van der Waals surface area (Å²) in [6, 6.07) is 7.31. The summed E-state index contributed by atoms with van der Waals surface area (Å²) in [5, 5.41) is 3.31. The van der Waals surface area contributed by atoms with Gasteiger partial charge in [-0.2, -0.15) is 0 Å². The molecule has 1 heterocycles. The quantitative estimate of drug-likeness (QED) is 0.781. The van der Waals surface area contributed by atoms with E-state index in [9.17, 15) is 4.79 Å². The van der Waals surface area contributed by atoms with Crippen LogP contribution >= 0.6 is 11.6 Å². The molecule has 0 amide bonds. The van der Waals surface area contributed by atoms with E-state index in [1.54, 1.807) is 6.92 Å². The first kappa shape index (κ1) is 13.6. The second-order valence-electron chi connectivity index (χ2n) is 4.11. The minimum Gasteiger partial charge on any atom is -0.494 e. The molecule has 0 radical (unpaired) electrons. The van der Waals surface area contributed by atoms with E-state index in [1.165, 1.54) is 0 Å². The highest BCUT2D eigenvalue weighted by Gasteiger charge is 2.19. The molecule has 100 valence electrons. The molecule has 0 saturated carbocycles. The van der Waals surface area contributed by atoms with Crippen molar-refractivity contribution in [2.24, 2.45) is 0 Å². The van der Waals surface area contributed by atoms with E-state index in [0.29, 0.717) is 23.6 Å². The fourth-order valence-electron chi connectivity index (χ4n) is 1.73. The van der Waals surface area contributed by atoms with Gasteiger partial charge in [-0.25, -0.2) is 0 Å². The Morgan fingerprint density at radius 2 is 2.05 bits per heavy atom. The molecular formula is C14H14ClNO3. The van der Waals surface area contributed by atoms with E-state index in [4.69, 9.17) is 20.9 Å². The summed E-state index contributed by atoms with van der Waals surface area (Å²) >= 11 is 5.54. The third-order valence-corrected chi connectivity index (χ3v) is 2.85. The van der Waals surface area contributed by atoms with Crippen molar-refractivity contribution in [3.63, 3.8) is 0 Å². The molecule has 5 heteroatoms. The number of hydrogen-bond donors (Lipinski definition) is 0. The second-order valence-corrected chi connectivity index (χ2v) is 4.45. The Kier molecular flexibility index (Phi) is 4.22. The lowest BCUT2D eigenvalue weighted by Crippen LogP contribution is -1.95. The Morgan fingerprint density at radius 1 is 1.37 bits per heavy atom. The zero-order valence-corrected chi connectivity index (χ0v) is 11.5. The Balaban J connectivity index is 2.30. The molecule has 0 atom stereocenters. The van der Waals surface area contributed by atoms with Crippen molar-refractivity contribution in [3.05, 3.63) is 35.6 Å². The molecule has 2 rings (SSSR count). The lowest BCUT2D eigenvalue weighted by molar-refractivity contribution is 0.108. The summed E-state index contributed by atoms with van der Waals surface area (Å²) in [6.07, 6.45) is 0.954. The van der Waals surface area contributed by atoms with Crippen molar-refractivity contribution in [3.8, 4) is 17.0 Å². The molecule has 2 aromatic rings. The van der Waals surface area contributed by atoms with Crippen molar-refractivity contribution in [1.29, 1.82) is 0 Å². The van der Waals surface area contributed by atoms with Crippen LogP contribution in [0.25, 0.3) is 11.3 Å². The third kappa shape index (κ3) is 2.96. The molecule has 0 bridgehead atoms. The van der Waals surface area contributed by atoms with Crippen LogP contribution in [0.15, 0.2) is 28.8 Å². The average Bonchev–Trinajstić information content (AvgIpc) is 2.79. The summed E-state index contributed by atoms with van der Waals surface area (Å²) in [7, 11) is 0. The SMILES string of the molecule is CCCOc1ccc(-c2noc(C)c2C(=O)Cl)cc1. The molecule has 0 aliphatic rings. The van der Waals surface area contributed by atoms with E-state index < -0.39 is 5.24 Å². The normalized spacial score (nSPS) is 10.5. The van der Waals surface area contributed by atoms with E-state index in [2.05, 4.69) is 5.16 Å². The number of carbonyl (C=O) groups excluding carboxylic acids is 1. The standard InChI is InChI=1S/C14H14ClNO3/c1-3-8-18-11-6-4-10(5-7-11)13-12(14(15)17)9(2)19-16-13/h4-7H,3,8H2,1-2H3. The Morgan fingerprint density at radius 3 is 2.63 bits per heavy atom. The zero-order chi connectivity index (χ0) is 13.8. The van der Waals surface area contributed by atoms with Crippen LogP contribution in [0, 0.1) is 6.92 Å². The van der Waals surface area contributed by atoms with Gasteiger partial charge in [0.25, 0.3) is 5.24 Å². The van der Waals surface area contributed by atoms with E-state index >= 15 is 0 Å². The van der Waals surface area contributed by atoms with Crippen LogP contribution in [-0.2, 0) is 0 Å². The smallest absolute Gasteiger partial charge is 0.258 e. The molecule has 0 saturated heterocycles. The van der Waals surface area contributed by atoms with Crippen LogP contribution < -0.4 is 4.74 Å². The monoisotopic (exact) mass is 279 g/mol. The number of aryl methyl sites for hydroxylation is 1. The molecule has 1 aromatic carbocycles. The number of hydrogen-bond acceptors (Lipinski definition) is 4. The molecule has 0 fully saturated rings. The molecule has 19 heavy (non-hydrogen) atoms. The first-order valence-electron chi connectivity index (χ1n) is 6.02. The highest BCUT2D eigenvalue weighted by molar-refractivity contribution is 6.68. The van der Waals surface area contributed by atoms with Gasteiger partial charge in [-0.1, -0.05) is 12.1 Å². The summed E-state index contributed by atoms with van der Waals surface area (Å²) in [5.41, 5.74) is 1.54. The van der Waals surface area contributed by atoms with Crippen LogP contribution in [0.5, 0.6) is 5.75 Å². The van der Waals surface area contributed by atoms with Gasteiger partial charge in [0, 0.05) is 5.56 Å². The predicted molar refractivity (Wildman–Crippen MR) is 72.6 cm³/mol. The first-order valence-corrected chi connectivity index (χ1v) is 6.40. The van der Waals surface area contributed by atoms with Gasteiger partial charge in [0.05, 0.1) is 6.61 Å². The fourth-order valence-corrected chi connectivity index (χ4v) is 1.95. The fraction of sp³-hybridized carbons (Fsp3) is 0.286. The molecule has 4 nitrogen and oxygen atoms in total. The summed E-state index contributed by atoms with van der Waals surface area (Å²) < 4.78 is 10.5. The Labute approximate surface area is 116 Å². The van der Waals surface area contributed by atoms with E-state index in [-0.39, 0.29) is 0 Å². The minimum absolute atomic E-state index is 0.309. The van der Waals surface area contributed by atoms with Crippen LogP contribution in [0.3, 0.4) is 0 Å². The molecule has 0 spiro atoms. The number of aromatic nitrogens is 1. The second kappa shape index (κ2) is 5.89. The van der Waals surface area contributed by atoms with Crippen LogP contribution in [0.4, 0.5) is 0 Å². The number of halogens is 1. The van der Waals surface area contributed by atoms with Crippen molar-refractivity contribution >= 4 is 16.8 Å². The third-order valence-electron chi connectivity index (χ3n) is 2.66. The van der Waals surface area contributed by atoms with Gasteiger partial charge in [-0.05, 0) is 49.2 Å². The molecule has 0 aliphatic heterocycles. The van der Waals surface area contributed by atoms with Gasteiger partial charge in [-0.15, -0.1) is 0 Å². The molecule has 0 N–H and O–H groups in total. The van der Waals surface area contributed by atoms with Crippen molar-refractivity contribution < 1.29 is 14.1 Å². The van der Waals surface area contributed by atoms with Gasteiger partial charge >= 0.3 is 0 Å². The summed E-state index contributed by atoms with van der Waals surface area (Å²) in [6.45, 7) is 4.38. The van der Waals surface area contributed by atoms with Gasteiger partial charge in [-0.3, -0.25) is 4.79 Å². The topological polar surface area (TPSA) is 52.3 Å². The highest BCUT2D eigenvalue weighted by atomic mass is 35.5. The molecule has 0 aliphatic carbocycles. The van der Waals surface area contributed by atoms with E-state index in [0.717, 1.165) is 17.7 Å². The molecule has 0 unspecified atom stereocenters. The number of benzene rings is 1. The number of ether oxygens (including phenoxy) is 1. The van der Waals surface area contributed by atoms with Crippen LogP contribution in [0.2, 0.25) is 0 Å². The van der Waals surface area contributed by atoms with Crippen molar-refractivity contribution in [1.82, 2.24) is 5.16 Å². The van der Waals surface area contributed by atoms with Gasteiger partial charge < -0.3 is 9.26 Å². The maximum atomic E-state index is 11.4. The number of nitrogens with zero attached hydrogens (tertiary/aromatic N) is 1. The van der Waals surface area contributed by atoms with Crippen molar-refractivity contribution in [2.75, 3.05) is 6.61 Å². The number of carbonyl (C=O) groups is 1. The van der Waals surface area contributed by atoms with Gasteiger partial charge in [0.2, 0.25) is 0 Å².